The summed E-state index contributed by atoms with van der Waals surface area (Å²) in [4.78, 5) is 22.9. The number of aryl methyl sites for hydroxylation is 1. The van der Waals surface area contributed by atoms with Crippen LogP contribution in [0.5, 0.6) is 0 Å². The van der Waals surface area contributed by atoms with Gasteiger partial charge < -0.3 is 10.4 Å². The Hall–Kier alpha value is -1.84. The monoisotopic (exact) mass is 275 g/mol. The number of aliphatic carboxylic acids is 1. The Morgan fingerprint density at radius 1 is 1.30 bits per heavy atom. The largest absolute Gasteiger partial charge is 0.481 e. The van der Waals surface area contributed by atoms with E-state index in [1.54, 1.807) is 0 Å². The van der Waals surface area contributed by atoms with Gasteiger partial charge in [0.25, 0.3) is 0 Å². The molecule has 1 saturated carbocycles. The first kappa shape index (κ1) is 14.6. The van der Waals surface area contributed by atoms with E-state index in [2.05, 4.69) is 5.32 Å². The third kappa shape index (κ3) is 3.59. The van der Waals surface area contributed by atoms with Crippen LogP contribution in [0.4, 0.5) is 0 Å². The van der Waals surface area contributed by atoms with Gasteiger partial charge in [-0.3, -0.25) is 9.59 Å². The number of carboxylic acid groups (broad SMARTS) is 1. The van der Waals surface area contributed by atoms with Crippen molar-refractivity contribution in [2.45, 2.75) is 39.0 Å². The summed E-state index contributed by atoms with van der Waals surface area (Å²) >= 11 is 0. The van der Waals surface area contributed by atoms with Crippen molar-refractivity contribution in [3.8, 4) is 0 Å². The van der Waals surface area contributed by atoms with E-state index in [0.717, 1.165) is 30.4 Å². The maximum absolute atomic E-state index is 12.0. The second-order valence-electron chi connectivity index (χ2n) is 5.80. The second kappa shape index (κ2) is 6.07. The number of carboxylic acids is 1. The normalized spacial score (nSPS) is 16.2. The van der Waals surface area contributed by atoms with Gasteiger partial charge in [-0.2, -0.15) is 0 Å². The number of carbonyl (C=O) groups is 2. The lowest BCUT2D eigenvalue weighted by Crippen LogP contribution is -2.43. The summed E-state index contributed by atoms with van der Waals surface area (Å²) in [7, 11) is 0. The van der Waals surface area contributed by atoms with Crippen LogP contribution in [-0.4, -0.2) is 23.5 Å². The zero-order chi connectivity index (χ0) is 14.6. The highest BCUT2D eigenvalue weighted by molar-refractivity contribution is 5.79. The molecule has 4 nitrogen and oxygen atoms in total. The van der Waals surface area contributed by atoms with Crippen LogP contribution >= 0.6 is 0 Å². The molecule has 1 aromatic carbocycles. The van der Waals surface area contributed by atoms with Crippen LogP contribution in [0.25, 0.3) is 0 Å². The smallest absolute Gasteiger partial charge is 0.303 e. The van der Waals surface area contributed by atoms with E-state index in [4.69, 9.17) is 5.11 Å². The summed E-state index contributed by atoms with van der Waals surface area (Å²) in [6.45, 7) is 2.46. The molecule has 0 aromatic heterocycles. The highest BCUT2D eigenvalue weighted by Gasteiger charge is 2.39. The predicted molar refractivity (Wildman–Crippen MR) is 76.4 cm³/mol. The minimum Gasteiger partial charge on any atom is -0.481 e. The highest BCUT2D eigenvalue weighted by atomic mass is 16.4. The molecule has 1 fully saturated rings. The Balaban J connectivity index is 1.86. The third-order valence-electron chi connectivity index (χ3n) is 4.21. The Morgan fingerprint density at radius 2 is 2.00 bits per heavy atom. The Labute approximate surface area is 119 Å². The van der Waals surface area contributed by atoms with Crippen molar-refractivity contribution < 1.29 is 14.7 Å². The molecule has 4 heteroatoms. The maximum Gasteiger partial charge on any atom is 0.303 e. The number of amides is 1. The number of hydrogen-bond donors (Lipinski definition) is 2. The van der Waals surface area contributed by atoms with Gasteiger partial charge in [-0.15, -0.1) is 0 Å². The van der Waals surface area contributed by atoms with Crippen molar-refractivity contribution >= 4 is 11.9 Å². The first-order valence-electron chi connectivity index (χ1n) is 7.04. The van der Waals surface area contributed by atoms with E-state index in [-0.39, 0.29) is 17.7 Å². The van der Waals surface area contributed by atoms with E-state index in [9.17, 15) is 9.59 Å². The van der Waals surface area contributed by atoms with Crippen LogP contribution in [-0.2, 0) is 16.0 Å². The Bertz CT molecular complexity index is 506. The van der Waals surface area contributed by atoms with Gasteiger partial charge in [0.1, 0.15) is 0 Å². The van der Waals surface area contributed by atoms with Gasteiger partial charge in [0.2, 0.25) is 5.91 Å². The molecule has 2 N–H and O–H groups in total. The molecule has 108 valence electrons. The van der Waals surface area contributed by atoms with E-state index in [1.165, 1.54) is 0 Å². The molecule has 1 amide bonds. The molecule has 0 radical (unpaired) electrons. The van der Waals surface area contributed by atoms with Crippen LogP contribution in [0.1, 0.15) is 36.8 Å². The van der Waals surface area contributed by atoms with Crippen molar-refractivity contribution in [3.63, 3.8) is 0 Å². The predicted octanol–water partition coefficient (Wildman–Crippen LogP) is 2.30. The summed E-state index contributed by atoms with van der Waals surface area (Å²) < 4.78 is 0. The number of nitrogens with one attached hydrogen (secondary N) is 1. The summed E-state index contributed by atoms with van der Waals surface area (Å²) in [5, 5.41) is 11.8. The maximum atomic E-state index is 12.0. The molecule has 1 aromatic rings. The topological polar surface area (TPSA) is 66.4 Å². The molecular weight excluding hydrogens is 254 g/mol. The van der Waals surface area contributed by atoms with Gasteiger partial charge in [0, 0.05) is 6.54 Å². The number of carbonyl (C=O) groups excluding carboxylic acids is 1. The van der Waals surface area contributed by atoms with Crippen LogP contribution in [0.3, 0.4) is 0 Å². The molecule has 0 spiro atoms. The number of benzene rings is 1. The first-order valence-corrected chi connectivity index (χ1v) is 7.04. The zero-order valence-corrected chi connectivity index (χ0v) is 11.8. The standard InChI is InChI=1S/C16H21NO3/c1-12-5-2-3-6-13(12)9-14(18)17-11-16(7-4-8-16)10-15(19)20/h2-3,5-6H,4,7-11H2,1H3,(H,17,18)(H,19,20). The quantitative estimate of drug-likeness (QED) is 0.837. The molecule has 1 aliphatic rings. The highest BCUT2D eigenvalue weighted by Crippen LogP contribution is 2.43. The van der Waals surface area contributed by atoms with Crippen LogP contribution in [0.15, 0.2) is 24.3 Å². The molecule has 20 heavy (non-hydrogen) atoms. The van der Waals surface area contributed by atoms with Crippen molar-refractivity contribution in [3.05, 3.63) is 35.4 Å². The third-order valence-corrected chi connectivity index (χ3v) is 4.21. The van der Waals surface area contributed by atoms with Gasteiger partial charge in [-0.05, 0) is 36.3 Å². The fourth-order valence-electron chi connectivity index (χ4n) is 2.74. The molecule has 2 rings (SSSR count). The SMILES string of the molecule is Cc1ccccc1CC(=O)NCC1(CC(=O)O)CCC1. The van der Waals surface area contributed by atoms with Crippen LogP contribution < -0.4 is 5.32 Å². The Kier molecular flexibility index (Phi) is 4.42. The number of rotatable bonds is 6. The van der Waals surface area contributed by atoms with E-state index >= 15 is 0 Å². The van der Waals surface area contributed by atoms with Crippen molar-refractivity contribution in [2.75, 3.05) is 6.54 Å². The van der Waals surface area contributed by atoms with Crippen LogP contribution in [0, 0.1) is 12.3 Å². The lowest BCUT2D eigenvalue weighted by atomic mass is 9.66. The summed E-state index contributed by atoms with van der Waals surface area (Å²) in [6.07, 6.45) is 3.35. The average molecular weight is 275 g/mol. The molecular formula is C16H21NO3. The molecule has 0 atom stereocenters. The molecule has 0 aliphatic heterocycles. The van der Waals surface area contributed by atoms with E-state index < -0.39 is 5.97 Å². The zero-order valence-electron chi connectivity index (χ0n) is 11.8. The minimum absolute atomic E-state index is 0.0315. The van der Waals surface area contributed by atoms with Crippen LogP contribution in [0.2, 0.25) is 0 Å². The van der Waals surface area contributed by atoms with Crippen molar-refractivity contribution in [1.82, 2.24) is 5.32 Å². The summed E-state index contributed by atoms with van der Waals surface area (Å²) in [5.74, 6) is -0.811. The lowest BCUT2D eigenvalue weighted by molar-refractivity contribution is -0.141. The van der Waals surface area contributed by atoms with Gasteiger partial charge in [0.15, 0.2) is 0 Å². The molecule has 0 unspecified atom stereocenters. The molecule has 1 aliphatic carbocycles. The average Bonchev–Trinajstić information content (AvgIpc) is 2.35. The number of hydrogen-bond acceptors (Lipinski definition) is 2. The Morgan fingerprint density at radius 3 is 2.55 bits per heavy atom. The minimum atomic E-state index is -0.780. The van der Waals surface area contributed by atoms with Gasteiger partial charge in [-0.1, -0.05) is 30.7 Å². The van der Waals surface area contributed by atoms with Gasteiger partial charge in [0.05, 0.1) is 12.8 Å². The molecule has 0 saturated heterocycles. The van der Waals surface area contributed by atoms with Crippen molar-refractivity contribution in [1.29, 1.82) is 0 Å². The fraction of sp³-hybridized carbons (Fsp3) is 0.500. The van der Waals surface area contributed by atoms with Crippen molar-refractivity contribution in [2.24, 2.45) is 5.41 Å². The van der Waals surface area contributed by atoms with E-state index in [1.807, 2.05) is 31.2 Å². The van der Waals surface area contributed by atoms with E-state index in [0.29, 0.717) is 13.0 Å². The molecule has 0 heterocycles. The van der Waals surface area contributed by atoms with Gasteiger partial charge in [-0.25, -0.2) is 0 Å². The second-order valence-corrected chi connectivity index (χ2v) is 5.80. The van der Waals surface area contributed by atoms with Gasteiger partial charge >= 0.3 is 5.97 Å². The summed E-state index contributed by atoms with van der Waals surface area (Å²) in [5.41, 5.74) is 1.91. The lowest BCUT2D eigenvalue weighted by Gasteiger charge is -2.40. The molecule has 0 bridgehead atoms. The summed E-state index contributed by atoms with van der Waals surface area (Å²) in [6, 6.07) is 7.81. The first-order chi connectivity index (χ1) is 9.51. The fourth-order valence-corrected chi connectivity index (χ4v) is 2.74.